The summed E-state index contributed by atoms with van der Waals surface area (Å²) in [6.07, 6.45) is -3.40. The third-order valence-electron chi connectivity index (χ3n) is 5.81. The zero-order valence-corrected chi connectivity index (χ0v) is 18.5. The molecule has 8 nitrogen and oxygen atoms in total. The SMILES string of the molecule is COc1ccc(CC(=O)Nc2ccc(-n3c4c(c5ncnc(N)c53)COC4)cc2)cc1C(F)(F)F. The van der Waals surface area contributed by atoms with Gasteiger partial charge < -0.3 is 25.1 Å². The van der Waals surface area contributed by atoms with Crippen molar-refractivity contribution in [2.24, 2.45) is 0 Å². The number of carbonyl (C=O) groups is 1. The van der Waals surface area contributed by atoms with E-state index in [1.165, 1.54) is 25.6 Å². The normalized spacial score (nSPS) is 13.1. The Morgan fingerprint density at radius 2 is 1.94 bits per heavy atom. The van der Waals surface area contributed by atoms with E-state index in [1.807, 2.05) is 4.57 Å². The number of nitrogens with one attached hydrogen (secondary N) is 1. The second kappa shape index (κ2) is 8.58. The first kappa shape index (κ1) is 22.7. The Kier molecular flexibility index (Phi) is 5.56. The number of nitrogen functional groups attached to an aromatic ring is 1. The van der Waals surface area contributed by atoms with E-state index in [1.54, 1.807) is 24.3 Å². The van der Waals surface area contributed by atoms with Crippen molar-refractivity contribution < 1.29 is 27.4 Å². The van der Waals surface area contributed by atoms with Crippen LogP contribution >= 0.6 is 0 Å². The molecule has 0 aliphatic carbocycles. The first-order valence-corrected chi connectivity index (χ1v) is 10.6. The topological polar surface area (TPSA) is 104 Å². The number of fused-ring (bicyclic) bond motifs is 3. The molecule has 3 N–H and O–H groups in total. The molecule has 11 heteroatoms. The maximum atomic E-state index is 13.3. The Labute approximate surface area is 197 Å². The van der Waals surface area contributed by atoms with Gasteiger partial charge in [-0.2, -0.15) is 13.2 Å². The third kappa shape index (κ3) is 4.14. The smallest absolute Gasteiger partial charge is 0.419 e. The minimum absolute atomic E-state index is 0.220. The number of methoxy groups -OCH3 is 1. The summed E-state index contributed by atoms with van der Waals surface area (Å²) in [4.78, 5) is 21.0. The molecular formula is C24H20F3N5O3. The van der Waals surface area contributed by atoms with Gasteiger partial charge in [0.05, 0.1) is 38.0 Å². The van der Waals surface area contributed by atoms with E-state index in [0.717, 1.165) is 28.5 Å². The monoisotopic (exact) mass is 483 g/mol. The maximum Gasteiger partial charge on any atom is 0.419 e. The second-order valence-electron chi connectivity index (χ2n) is 8.01. The minimum atomic E-state index is -4.59. The molecule has 35 heavy (non-hydrogen) atoms. The van der Waals surface area contributed by atoms with E-state index in [9.17, 15) is 18.0 Å². The van der Waals surface area contributed by atoms with Gasteiger partial charge in [-0.15, -0.1) is 0 Å². The van der Waals surface area contributed by atoms with Gasteiger partial charge in [0.1, 0.15) is 23.1 Å². The Bertz CT molecular complexity index is 1430. The lowest BCUT2D eigenvalue weighted by molar-refractivity contribution is -0.138. The third-order valence-corrected chi connectivity index (χ3v) is 5.81. The highest BCUT2D eigenvalue weighted by molar-refractivity contribution is 5.93. The molecular weight excluding hydrogens is 463 g/mol. The van der Waals surface area contributed by atoms with Gasteiger partial charge in [-0.05, 0) is 42.0 Å². The average molecular weight is 483 g/mol. The fourth-order valence-corrected chi connectivity index (χ4v) is 4.25. The van der Waals surface area contributed by atoms with E-state index in [2.05, 4.69) is 15.3 Å². The van der Waals surface area contributed by atoms with Crippen molar-refractivity contribution in [1.82, 2.24) is 14.5 Å². The van der Waals surface area contributed by atoms with Gasteiger partial charge in [0.25, 0.3) is 0 Å². The number of carbonyl (C=O) groups excluding carboxylic acids is 1. The van der Waals surface area contributed by atoms with Gasteiger partial charge in [-0.3, -0.25) is 4.79 Å². The molecule has 0 spiro atoms. The number of rotatable bonds is 5. The van der Waals surface area contributed by atoms with Crippen LogP contribution in [0.5, 0.6) is 5.75 Å². The van der Waals surface area contributed by atoms with Crippen LogP contribution in [0.3, 0.4) is 0 Å². The number of amides is 1. The van der Waals surface area contributed by atoms with Crippen molar-refractivity contribution >= 4 is 28.4 Å². The molecule has 0 unspecified atom stereocenters. The summed E-state index contributed by atoms with van der Waals surface area (Å²) < 4.78 is 52.1. The standard InChI is InChI=1S/C24H20F3N5O3/c1-34-19-7-2-13(8-17(19)24(25,26)27)9-20(33)31-14-3-5-15(6-4-14)32-18-11-35-10-16(18)21-22(32)23(28)30-12-29-21/h2-8,12H,9-11H2,1H3,(H,31,33)(H2,28,29,30). The first-order chi connectivity index (χ1) is 16.8. The Morgan fingerprint density at radius 1 is 1.17 bits per heavy atom. The van der Waals surface area contributed by atoms with Crippen LogP contribution in [0.2, 0.25) is 0 Å². The zero-order chi connectivity index (χ0) is 24.7. The summed E-state index contributed by atoms with van der Waals surface area (Å²) >= 11 is 0. The summed E-state index contributed by atoms with van der Waals surface area (Å²) in [5.41, 5.74) is 10.0. The van der Waals surface area contributed by atoms with Crippen molar-refractivity contribution in [3.8, 4) is 11.4 Å². The predicted octanol–water partition coefficient (Wildman–Crippen LogP) is 4.24. The molecule has 180 valence electrons. The molecule has 0 saturated heterocycles. The van der Waals surface area contributed by atoms with E-state index in [-0.39, 0.29) is 17.7 Å². The van der Waals surface area contributed by atoms with Gasteiger partial charge in [0.2, 0.25) is 5.91 Å². The van der Waals surface area contributed by atoms with Gasteiger partial charge >= 0.3 is 6.18 Å². The number of ether oxygens (including phenoxy) is 2. The van der Waals surface area contributed by atoms with Crippen molar-refractivity contribution in [2.45, 2.75) is 25.8 Å². The summed E-state index contributed by atoms with van der Waals surface area (Å²) in [6, 6.07) is 10.6. The van der Waals surface area contributed by atoms with E-state index < -0.39 is 17.6 Å². The zero-order valence-electron chi connectivity index (χ0n) is 18.5. The minimum Gasteiger partial charge on any atom is -0.496 e. The molecule has 1 aliphatic heterocycles. The highest BCUT2D eigenvalue weighted by Gasteiger charge is 2.34. The summed E-state index contributed by atoms with van der Waals surface area (Å²) in [6.45, 7) is 0.843. The maximum absolute atomic E-state index is 13.3. The van der Waals surface area contributed by atoms with Crippen LogP contribution in [0.15, 0.2) is 48.8 Å². The van der Waals surface area contributed by atoms with Crippen LogP contribution in [0, 0.1) is 0 Å². The first-order valence-electron chi connectivity index (χ1n) is 10.6. The number of hydrogen-bond donors (Lipinski definition) is 2. The fourth-order valence-electron chi connectivity index (χ4n) is 4.25. The highest BCUT2D eigenvalue weighted by atomic mass is 19.4. The molecule has 4 aromatic rings. The van der Waals surface area contributed by atoms with E-state index >= 15 is 0 Å². The van der Waals surface area contributed by atoms with Crippen LogP contribution in [-0.2, 0) is 35.3 Å². The predicted molar refractivity (Wildman–Crippen MR) is 122 cm³/mol. The molecule has 0 bridgehead atoms. The molecule has 1 amide bonds. The van der Waals surface area contributed by atoms with Crippen molar-refractivity contribution in [1.29, 1.82) is 0 Å². The number of nitrogens with zero attached hydrogens (tertiary/aromatic N) is 3. The number of benzene rings is 2. The molecule has 3 heterocycles. The molecule has 5 rings (SSSR count). The molecule has 1 aliphatic rings. The second-order valence-corrected chi connectivity index (χ2v) is 8.01. The molecule has 0 radical (unpaired) electrons. The fraction of sp³-hybridized carbons (Fsp3) is 0.208. The van der Waals surface area contributed by atoms with Crippen LogP contribution in [-0.4, -0.2) is 27.6 Å². The summed E-state index contributed by atoms with van der Waals surface area (Å²) in [7, 11) is 1.17. The average Bonchev–Trinajstić information content (AvgIpc) is 3.41. The number of anilines is 2. The van der Waals surface area contributed by atoms with Crippen molar-refractivity contribution in [3.05, 3.63) is 71.2 Å². The Hall–Kier alpha value is -4.12. The quantitative estimate of drug-likeness (QED) is 0.440. The molecule has 2 aromatic carbocycles. The molecule has 0 saturated carbocycles. The van der Waals surface area contributed by atoms with Gasteiger partial charge in [0, 0.05) is 16.9 Å². The number of aromatic nitrogens is 3. The number of nitrogens with two attached hydrogens (primary N) is 1. The van der Waals surface area contributed by atoms with E-state index in [4.69, 9.17) is 15.2 Å². The number of alkyl halides is 3. The van der Waals surface area contributed by atoms with Crippen LogP contribution in [0.4, 0.5) is 24.7 Å². The molecule has 2 aromatic heterocycles. The van der Waals surface area contributed by atoms with Crippen molar-refractivity contribution in [2.75, 3.05) is 18.2 Å². The molecule has 0 fully saturated rings. The van der Waals surface area contributed by atoms with Crippen LogP contribution in [0.25, 0.3) is 16.7 Å². The Morgan fingerprint density at radius 3 is 2.66 bits per heavy atom. The Balaban J connectivity index is 1.36. The lowest BCUT2D eigenvalue weighted by Crippen LogP contribution is -2.15. The largest absolute Gasteiger partial charge is 0.496 e. The number of halogens is 3. The van der Waals surface area contributed by atoms with Gasteiger partial charge in [-0.25, -0.2) is 9.97 Å². The molecule has 0 atom stereocenters. The summed E-state index contributed by atoms with van der Waals surface area (Å²) in [5.74, 6) is -0.397. The van der Waals surface area contributed by atoms with Gasteiger partial charge in [0.15, 0.2) is 5.82 Å². The summed E-state index contributed by atoms with van der Waals surface area (Å²) in [5, 5.41) is 2.72. The van der Waals surface area contributed by atoms with Crippen LogP contribution in [0.1, 0.15) is 22.4 Å². The van der Waals surface area contributed by atoms with Crippen LogP contribution < -0.4 is 15.8 Å². The van der Waals surface area contributed by atoms with Crippen molar-refractivity contribution in [3.63, 3.8) is 0 Å². The highest BCUT2D eigenvalue weighted by Crippen LogP contribution is 2.37. The van der Waals surface area contributed by atoms with Gasteiger partial charge in [-0.1, -0.05) is 6.07 Å². The van der Waals surface area contributed by atoms with E-state index in [0.29, 0.717) is 30.2 Å². The lowest BCUT2D eigenvalue weighted by Gasteiger charge is -2.14. The number of hydrogen-bond acceptors (Lipinski definition) is 6. The lowest BCUT2D eigenvalue weighted by atomic mass is 10.1.